The smallest absolute Gasteiger partial charge is 0.267 e. The summed E-state index contributed by atoms with van der Waals surface area (Å²) in [5, 5.41) is 5.23. The summed E-state index contributed by atoms with van der Waals surface area (Å²) in [4.78, 5) is 30.6. The number of nitrogens with zero attached hydrogens (tertiary/aromatic N) is 3. The van der Waals surface area contributed by atoms with E-state index in [2.05, 4.69) is 71.3 Å². The number of aryl methyl sites for hydroxylation is 1. The number of ether oxygens (including phenoxy) is 1. The fraction of sp³-hybridized carbons (Fsp3) is 0.448. The van der Waals surface area contributed by atoms with Crippen molar-refractivity contribution in [3.63, 3.8) is 0 Å². The Morgan fingerprint density at radius 3 is 2.43 bits per heavy atom. The van der Waals surface area contributed by atoms with Crippen LogP contribution in [0.1, 0.15) is 43.7 Å². The highest BCUT2D eigenvalue weighted by molar-refractivity contribution is 7.13. The molecule has 2 aromatic heterocycles. The Balaban J connectivity index is 1.59. The van der Waals surface area contributed by atoms with Crippen LogP contribution in [0.3, 0.4) is 0 Å². The van der Waals surface area contributed by atoms with E-state index in [1.54, 1.807) is 25.4 Å². The number of carbonyl (C=O) groups excluding carboxylic acids is 2. The molecule has 3 aromatic rings. The van der Waals surface area contributed by atoms with Gasteiger partial charge in [-0.15, -0.1) is 11.3 Å². The van der Waals surface area contributed by atoms with Gasteiger partial charge in [-0.3, -0.25) is 9.59 Å². The number of nitrogens with one attached hydrogen (secondary N) is 1. The fourth-order valence-electron chi connectivity index (χ4n) is 5.26. The Morgan fingerprint density at radius 2 is 1.81 bits per heavy atom. The van der Waals surface area contributed by atoms with E-state index in [9.17, 15) is 9.59 Å². The van der Waals surface area contributed by atoms with E-state index in [1.165, 1.54) is 5.56 Å². The molecular weight excluding hydrogens is 484 g/mol. The molecule has 5 rings (SSSR count). The molecule has 1 fully saturated rings. The maximum Gasteiger partial charge on any atom is 0.267 e. The maximum absolute atomic E-state index is 13.4. The Kier molecular flexibility index (Phi) is 6.79. The predicted molar refractivity (Wildman–Crippen MR) is 150 cm³/mol. The normalized spacial score (nSPS) is 15.3. The van der Waals surface area contributed by atoms with E-state index in [0.29, 0.717) is 25.3 Å². The van der Waals surface area contributed by atoms with Crippen molar-refractivity contribution < 1.29 is 14.3 Å². The molecule has 0 atom stereocenters. The Bertz CT molecular complexity index is 1310. The number of anilines is 1. The second-order valence-electron chi connectivity index (χ2n) is 11.1. The number of aromatic nitrogens is 1. The van der Waals surface area contributed by atoms with Crippen LogP contribution in [0.2, 0.25) is 0 Å². The van der Waals surface area contributed by atoms with Gasteiger partial charge in [-0.1, -0.05) is 26.8 Å². The average Bonchev–Trinajstić information content (AvgIpc) is 3.54. The summed E-state index contributed by atoms with van der Waals surface area (Å²) in [6.45, 7) is 12.3. The van der Waals surface area contributed by atoms with E-state index in [4.69, 9.17) is 4.74 Å². The molecule has 1 N–H and O–H groups in total. The van der Waals surface area contributed by atoms with Crippen molar-refractivity contribution >= 4 is 28.8 Å². The van der Waals surface area contributed by atoms with Crippen molar-refractivity contribution in [2.75, 3.05) is 44.7 Å². The number of piperazine rings is 1. The third kappa shape index (κ3) is 4.99. The molecule has 0 radical (unpaired) electrons. The van der Waals surface area contributed by atoms with Gasteiger partial charge in [0.05, 0.1) is 18.5 Å². The second kappa shape index (κ2) is 9.89. The van der Waals surface area contributed by atoms with Gasteiger partial charge in [-0.2, -0.15) is 0 Å². The van der Waals surface area contributed by atoms with E-state index in [-0.39, 0.29) is 17.2 Å². The topological polar surface area (TPSA) is 66.8 Å². The summed E-state index contributed by atoms with van der Waals surface area (Å²) in [7, 11) is 1.72. The van der Waals surface area contributed by atoms with Gasteiger partial charge in [0.2, 0.25) is 5.91 Å². The monoisotopic (exact) mass is 520 g/mol. The fourth-order valence-corrected chi connectivity index (χ4v) is 6.00. The zero-order chi connectivity index (χ0) is 26.3. The van der Waals surface area contributed by atoms with Crippen molar-refractivity contribution in [2.45, 2.75) is 40.7 Å². The second-order valence-corrected chi connectivity index (χ2v) is 12.0. The number of fused-ring (bicyclic) bond motifs is 3. The molecular formula is C29H36N4O3S. The molecule has 2 aliphatic heterocycles. The van der Waals surface area contributed by atoms with Crippen molar-refractivity contribution in [1.82, 2.24) is 14.8 Å². The van der Waals surface area contributed by atoms with Crippen molar-refractivity contribution in [3.8, 4) is 27.4 Å². The maximum atomic E-state index is 13.4. The summed E-state index contributed by atoms with van der Waals surface area (Å²) in [6, 6.07) is 10.6. The number of amides is 2. The van der Waals surface area contributed by atoms with Crippen LogP contribution in [-0.2, 0) is 17.8 Å². The van der Waals surface area contributed by atoms with Gasteiger partial charge in [-0.05, 0) is 47.0 Å². The number of methoxy groups -OCH3 is 1. The Labute approximate surface area is 223 Å². The lowest BCUT2D eigenvalue weighted by Gasteiger charge is -2.37. The van der Waals surface area contributed by atoms with Crippen LogP contribution < -0.4 is 15.0 Å². The van der Waals surface area contributed by atoms with Gasteiger partial charge < -0.3 is 24.4 Å². The first-order chi connectivity index (χ1) is 17.7. The number of rotatable bonds is 5. The van der Waals surface area contributed by atoms with Gasteiger partial charge in [0.1, 0.15) is 11.4 Å². The summed E-state index contributed by atoms with van der Waals surface area (Å²) >= 11 is 1.69. The molecule has 0 bridgehead atoms. The van der Waals surface area contributed by atoms with Gasteiger partial charge in [0, 0.05) is 62.2 Å². The number of hydrogen-bond donors (Lipinski definition) is 1. The molecule has 8 heteroatoms. The van der Waals surface area contributed by atoms with Crippen LogP contribution in [-0.4, -0.2) is 61.1 Å². The third-order valence-corrected chi connectivity index (χ3v) is 8.13. The summed E-state index contributed by atoms with van der Waals surface area (Å²) < 4.78 is 8.04. The van der Waals surface area contributed by atoms with Crippen LogP contribution >= 0.6 is 11.3 Å². The van der Waals surface area contributed by atoms with Crippen molar-refractivity contribution in [1.29, 1.82) is 0 Å². The van der Waals surface area contributed by atoms with Gasteiger partial charge >= 0.3 is 0 Å². The van der Waals surface area contributed by atoms with Gasteiger partial charge in [0.25, 0.3) is 5.91 Å². The van der Waals surface area contributed by atoms with Crippen LogP contribution in [0.15, 0.2) is 35.7 Å². The highest BCUT2D eigenvalue weighted by Crippen LogP contribution is 2.45. The lowest BCUT2D eigenvalue weighted by atomic mass is 9.94. The summed E-state index contributed by atoms with van der Waals surface area (Å²) in [5.74, 6) is 0.945. The largest absolute Gasteiger partial charge is 0.495 e. The lowest BCUT2D eigenvalue weighted by Crippen LogP contribution is -2.48. The highest BCUT2D eigenvalue weighted by Gasteiger charge is 2.30. The third-order valence-electron chi connectivity index (χ3n) is 7.23. The number of benzene rings is 1. The van der Waals surface area contributed by atoms with E-state index < -0.39 is 0 Å². The van der Waals surface area contributed by atoms with E-state index >= 15 is 0 Å². The molecule has 7 nitrogen and oxygen atoms in total. The number of carbonyl (C=O) groups is 2. The minimum atomic E-state index is -0.0310. The van der Waals surface area contributed by atoms with Crippen LogP contribution in [0.25, 0.3) is 21.7 Å². The van der Waals surface area contributed by atoms with Crippen molar-refractivity contribution in [2.24, 2.45) is 5.41 Å². The molecule has 1 saturated heterocycles. The molecule has 0 spiro atoms. The molecule has 1 aromatic carbocycles. The highest BCUT2D eigenvalue weighted by atomic mass is 32.1. The quantitative estimate of drug-likeness (QED) is 0.520. The molecule has 4 heterocycles. The zero-order valence-corrected chi connectivity index (χ0v) is 23.2. The first kappa shape index (κ1) is 25.4. The van der Waals surface area contributed by atoms with E-state index in [0.717, 1.165) is 59.2 Å². The molecule has 0 aliphatic carbocycles. The lowest BCUT2D eigenvalue weighted by molar-refractivity contribution is -0.129. The van der Waals surface area contributed by atoms with Crippen molar-refractivity contribution in [3.05, 3.63) is 47.0 Å². The summed E-state index contributed by atoms with van der Waals surface area (Å²) in [5.41, 5.74) is 6.32. The van der Waals surface area contributed by atoms with E-state index in [1.807, 2.05) is 4.90 Å². The minimum Gasteiger partial charge on any atom is -0.495 e. The zero-order valence-electron chi connectivity index (χ0n) is 22.4. The SMILES string of the molecule is COc1cc2c(cc1N1CCN(C(C)=O)CC1)-c1c(-c3cccs3)cc(C(=O)NCC(C)(C)C)n1CC2. The van der Waals surface area contributed by atoms with Gasteiger partial charge in [0.15, 0.2) is 0 Å². The van der Waals surface area contributed by atoms with Crippen LogP contribution in [0.5, 0.6) is 5.75 Å². The molecule has 2 aliphatic rings. The Hall–Kier alpha value is -3.26. The Morgan fingerprint density at radius 1 is 1.05 bits per heavy atom. The summed E-state index contributed by atoms with van der Waals surface area (Å²) in [6.07, 6.45) is 0.829. The molecule has 2 amide bonds. The molecule has 0 saturated carbocycles. The minimum absolute atomic E-state index is 0.00796. The molecule has 196 valence electrons. The molecule has 37 heavy (non-hydrogen) atoms. The number of hydrogen-bond acceptors (Lipinski definition) is 5. The van der Waals surface area contributed by atoms with Crippen LogP contribution in [0.4, 0.5) is 5.69 Å². The predicted octanol–water partition coefficient (Wildman–Crippen LogP) is 4.89. The first-order valence-corrected chi connectivity index (χ1v) is 13.8. The molecule has 0 unspecified atom stereocenters. The van der Waals surface area contributed by atoms with Gasteiger partial charge in [-0.25, -0.2) is 0 Å². The van der Waals surface area contributed by atoms with Crippen LogP contribution in [0, 0.1) is 5.41 Å². The average molecular weight is 521 g/mol. The first-order valence-electron chi connectivity index (χ1n) is 12.9. The number of thiophene rings is 1. The standard InChI is InChI=1S/C29H36N4O3S/c1-19(34)31-10-12-32(13-11-31)23-16-21-20(15-25(23)36-5)8-9-33-24(28(35)30-18-29(2,3)4)17-22(27(21)33)26-7-6-14-37-26/h6-7,14-17H,8-13,18H2,1-5H3,(H,30,35).